The molecular formula is C13H17FN5O13P3S. The Morgan fingerprint density at radius 2 is 1.94 bits per heavy atom. The van der Waals surface area contributed by atoms with Crippen molar-refractivity contribution >= 4 is 52.8 Å². The van der Waals surface area contributed by atoms with Crippen LogP contribution in [0.3, 0.4) is 0 Å². The Hall–Kier alpha value is -1.65. The van der Waals surface area contributed by atoms with Gasteiger partial charge in [0.1, 0.15) is 30.0 Å². The molecule has 18 nitrogen and oxygen atoms in total. The van der Waals surface area contributed by atoms with E-state index < -0.39 is 60.8 Å². The number of H-pyrrole nitrogens is 1. The van der Waals surface area contributed by atoms with Crippen molar-refractivity contribution in [2.75, 3.05) is 19.0 Å². The van der Waals surface area contributed by atoms with Crippen molar-refractivity contribution < 1.29 is 65.8 Å². The zero-order valence-electron chi connectivity index (χ0n) is 17.3. The number of nitrogens with two attached hydrogens (primary N) is 1. The van der Waals surface area contributed by atoms with Gasteiger partial charge in [0.25, 0.3) is 0 Å². The van der Waals surface area contributed by atoms with E-state index in [1.54, 1.807) is 0 Å². The second-order valence-electron chi connectivity index (χ2n) is 6.90. The predicted molar refractivity (Wildman–Crippen MR) is 116 cm³/mol. The number of ether oxygens (including phenoxy) is 1. The number of hydrogen-bond acceptors (Lipinski definition) is 13. The third-order valence-electron chi connectivity index (χ3n) is 4.37. The number of aliphatic hydroxyl groups excluding tert-OH is 1. The summed E-state index contributed by atoms with van der Waals surface area (Å²) >= 11 is 5.05. The van der Waals surface area contributed by atoms with E-state index in [0.29, 0.717) is 0 Å². The van der Waals surface area contributed by atoms with Crippen LogP contribution in [-0.2, 0) is 31.6 Å². The minimum atomic E-state index is -5.80. The number of phosphoric acid groups is 3. The smallest absolute Gasteiger partial charge is 0.386 e. The molecule has 200 valence electrons. The molecule has 1 aliphatic rings. The van der Waals surface area contributed by atoms with Gasteiger partial charge in [0.15, 0.2) is 22.4 Å². The molecule has 2 aromatic heterocycles. The molecule has 1 aliphatic heterocycles. The Morgan fingerprint density at radius 1 is 1.28 bits per heavy atom. The summed E-state index contributed by atoms with van der Waals surface area (Å²) in [7, 11) is -17.0. The van der Waals surface area contributed by atoms with Crippen molar-refractivity contribution in [3.63, 3.8) is 0 Å². The number of anilines is 1. The number of fused-ring (bicyclic) bond motifs is 1. The monoisotopic (exact) mass is 595 g/mol. The van der Waals surface area contributed by atoms with E-state index in [9.17, 15) is 38.1 Å². The second-order valence-corrected chi connectivity index (χ2v) is 11.7. The highest BCUT2D eigenvalue weighted by Gasteiger charge is 2.57. The van der Waals surface area contributed by atoms with Crippen LogP contribution in [0.15, 0.2) is 6.33 Å². The van der Waals surface area contributed by atoms with Gasteiger partial charge >= 0.3 is 23.5 Å². The topological polar surface area (TPSA) is 282 Å². The van der Waals surface area contributed by atoms with Crippen molar-refractivity contribution in [1.82, 2.24) is 19.5 Å². The lowest BCUT2D eigenvalue weighted by Crippen LogP contribution is -2.46. The molecule has 3 heterocycles. The number of aromatic nitrogens is 4. The molecule has 6 atom stereocenters. The molecule has 3 unspecified atom stereocenters. The number of halogens is 1. The number of alkyl halides is 1. The van der Waals surface area contributed by atoms with Crippen molar-refractivity contribution in [3.8, 4) is 11.8 Å². The van der Waals surface area contributed by atoms with Crippen molar-refractivity contribution in [2.24, 2.45) is 0 Å². The minimum Gasteiger partial charge on any atom is -0.386 e. The summed E-state index contributed by atoms with van der Waals surface area (Å²) < 4.78 is 65.1. The van der Waals surface area contributed by atoms with Crippen LogP contribution in [0.25, 0.3) is 11.2 Å². The number of rotatable bonds is 8. The summed E-state index contributed by atoms with van der Waals surface area (Å²) in [4.78, 5) is 46.4. The number of imidazole rings is 1. The highest BCUT2D eigenvalue weighted by molar-refractivity contribution is 7.71. The summed E-state index contributed by atoms with van der Waals surface area (Å²) in [5.74, 6) is 3.87. The molecular weight excluding hydrogens is 578 g/mol. The third kappa shape index (κ3) is 6.42. The van der Waals surface area contributed by atoms with E-state index in [1.807, 2.05) is 5.92 Å². The Labute approximate surface area is 204 Å². The second kappa shape index (κ2) is 10.3. The minimum absolute atomic E-state index is 0.0405. The number of nitrogens with one attached hydrogen (secondary N) is 1. The van der Waals surface area contributed by atoms with Crippen molar-refractivity contribution in [2.45, 2.75) is 24.0 Å². The lowest BCUT2D eigenvalue weighted by molar-refractivity contribution is -0.0719. The zero-order valence-corrected chi connectivity index (χ0v) is 20.8. The predicted octanol–water partition coefficient (Wildman–Crippen LogP) is -0.623. The molecule has 0 amide bonds. The zero-order chi connectivity index (χ0) is 27.1. The Kier molecular flexibility index (Phi) is 8.23. The fourth-order valence-electron chi connectivity index (χ4n) is 3.09. The fourth-order valence-corrected chi connectivity index (χ4v) is 6.37. The van der Waals surface area contributed by atoms with Gasteiger partial charge in [0.05, 0.1) is 12.9 Å². The average Bonchev–Trinajstić information content (AvgIpc) is 3.22. The van der Waals surface area contributed by atoms with Gasteiger partial charge in [-0.15, -0.1) is 0 Å². The van der Waals surface area contributed by atoms with E-state index in [0.717, 1.165) is 10.9 Å². The number of hydrogen-bond donors (Lipinski definition) is 8. The molecule has 1 saturated heterocycles. The first-order valence-corrected chi connectivity index (χ1v) is 14.0. The molecule has 0 saturated carbocycles. The molecule has 36 heavy (non-hydrogen) atoms. The Morgan fingerprint density at radius 3 is 2.56 bits per heavy atom. The maximum absolute atomic E-state index is 12.7. The van der Waals surface area contributed by atoms with Crippen LogP contribution in [0.1, 0.15) is 6.23 Å². The highest BCUT2D eigenvalue weighted by atomic mass is 32.1. The highest BCUT2D eigenvalue weighted by Crippen LogP contribution is 2.66. The van der Waals surface area contributed by atoms with Crippen molar-refractivity contribution in [3.05, 3.63) is 11.0 Å². The van der Waals surface area contributed by atoms with Gasteiger partial charge in [-0.05, 0) is 0 Å². The standard InChI is InChI=1S/C13H17FN5O13P3S/c14-3-1-2-13(21)8(20)6(4-29-34(25,26)32-35(27,28)31-33(22,23)24)30-11(13)19-5-16-7-9(19)17-12(15)18-10(7)36/h5-6,8,11,20-21H,3-4H2,(H,25,26)(H,27,28)(H2,22,23,24)(H3,15,17,18,36)/t6-,8+,11-,13?/m1/s1. The molecule has 2 aromatic rings. The van der Waals surface area contributed by atoms with Gasteiger partial charge in [-0.2, -0.15) is 8.62 Å². The first-order chi connectivity index (χ1) is 16.5. The van der Waals surface area contributed by atoms with Gasteiger partial charge in [-0.25, -0.2) is 28.1 Å². The lowest BCUT2D eigenvalue weighted by atomic mass is 9.94. The summed E-state index contributed by atoms with van der Waals surface area (Å²) in [6.07, 6.45) is -4.38. The molecule has 1 fully saturated rings. The third-order valence-corrected chi connectivity index (χ3v) is 8.46. The van der Waals surface area contributed by atoms with Gasteiger partial charge in [0, 0.05) is 0 Å². The van der Waals surface area contributed by atoms with Crippen molar-refractivity contribution in [1.29, 1.82) is 0 Å². The number of aromatic amines is 1. The molecule has 23 heteroatoms. The maximum Gasteiger partial charge on any atom is 0.490 e. The number of aliphatic hydroxyl groups is 2. The van der Waals surface area contributed by atoms with E-state index in [4.69, 9.17) is 32.5 Å². The van der Waals surface area contributed by atoms with E-state index >= 15 is 0 Å². The fraction of sp³-hybridized carbons (Fsp3) is 0.462. The average molecular weight is 595 g/mol. The number of nitrogens with zero attached hydrogens (tertiary/aromatic N) is 3. The summed E-state index contributed by atoms with van der Waals surface area (Å²) in [6, 6.07) is 0. The molecule has 3 rings (SSSR count). The summed E-state index contributed by atoms with van der Waals surface area (Å²) in [5.41, 5.74) is 3.19. The quantitative estimate of drug-likeness (QED) is 0.107. The Balaban J connectivity index is 1.89. The SMILES string of the molecule is Nc1nc(=S)c2ncn([C@@H]3O[C@H](COP(=O)(O)OP(=O)(O)OP(=O)(O)O)[C@H](O)C3(O)C#CCF)c2[nH]1. The van der Waals surface area contributed by atoms with Crippen LogP contribution in [-0.4, -0.2) is 80.4 Å². The van der Waals surface area contributed by atoms with Crippen LogP contribution < -0.4 is 5.73 Å². The largest absolute Gasteiger partial charge is 0.490 e. The van der Waals surface area contributed by atoms with Crippen LogP contribution in [0, 0.1) is 16.5 Å². The molecule has 0 aliphatic carbocycles. The van der Waals surface area contributed by atoms with E-state index in [2.05, 4.69) is 34.0 Å². The number of nitrogen functional groups attached to an aromatic ring is 1. The lowest BCUT2D eigenvalue weighted by Gasteiger charge is -2.26. The van der Waals surface area contributed by atoms with Crippen LogP contribution in [0.5, 0.6) is 0 Å². The molecule has 9 N–H and O–H groups in total. The molecule has 0 radical (unpaired) electrons. The van der Waals surface area contributed by atoms with Gasteiger partial charge in [-0.1, -0.05) is 24.1 Å². The first-order valence-electron chi connectivity index (χ1n) is 9.10. The van der Waals surface area contributed by atoms with E-state index in [1.165, 1.54) is 0 Å². The Bertz CT molecular complexity index is 1420. The van der Waals surface area contributed by atoms with Gasteiger partial charge < -0.3 is 45.2 Å². The normalized spacial score (nSPS) is 27.8. The van der Waals surface area contributed by atoms with Crippen LogP contribution in [0.2, 0.25) is 0 Å². The molecule has 0 spiro atoms. The van der Waals surface area contributed by atoms with Gasteiger partial charge in [-0.3, -0.25) is 9.09 Å². The molecule has 0 aromatic carbocycles. The number of phosphoric ester groups is 1. The van der Waals surface area contributed by atoms with Crippen LogP contribution >= 0.6 is 35.7 Å². The van der Waals surface area contributed by atoms with E-state index in [-0.39, 0.29) is 21.8 Å². The maximum atomic E-state index is 12.7. The van der Waals surface area contributed by atoms with Crippen LogP contribution in [0.4, 0.5) is 10.3 Å². The van der Waals surface area contributed by atoms with Gasteiger partial charge in [0.2, 0.25) is 0 Å². The summed E-state index contributed by atoms with van der Waals surface area (Å²) in [6.45, 7) is -2.37. The first kappa shape index (κ1) is 28.9. The summed E-state index contributed by atoms with van der Waals surface area (Å²) in [5, 5.41) is 21.7. The molecule has 0 bridgehead atoms.